The second kappa shape index (κ2) is 12.5. The van der Waals surface area contributed by atoms with Crippen molar-refractivity contribution in [3.8, 4) is 5.75 Å². The third-order valence-electron chi connectivity index (χ3n) is 7.22. The lowest BCUT2D eigenvalue weighted by atomic mass is 9.91. The zero-order chi connectivity index (χ0) is 27.0. The summed E-state index contributed by atoms with van der Waals surface area (Å²) < 4.78 is 6.03. The van der Waals surface area contributed by atoms with Crippen LogP contribution < -0.4 is 10.1 Å². The summed E-state index contributed by atoms with van der Waals surface area (Å²) in [4.78, 5) is 17.4. The van der Waals surface area contributed by atoms with E-state index < -0.39 is 0 Å². The zero-order valence-electron chi connectivity index (χ0n) is 22.3. The standard InChI is InChI=1S/C34H34N2O3/c1-2-25(7-5-19-37)26-11-13-28(14-12-26)34(38)35-22-24-9-10-30-21-32(18-16-29(30)20-24)39-23-31-17-15-27-6-3-4-8-33(27)36-31/h3-4,6,8-18,20-21,25,37H,2,5,7,19,22-23H2,1H3,(H,35,38). The molecule has 0 bridgehead atoms. The van der Waals surface area contributed by atoms with E-state index >= 15 is 0 Å². The summed E-state index contributed by atoms with van der Waals surface area (Å²) in [6, 6.07) is 32.2. The van der Waals surface area contributed by atoms with Gasteiger partial charge in [-0.25, -0.2) is 4.98 Å². The van der Waals surface area contributed by atoms with Crippen LogP contribution in [0.3, 0.4) is 0 Å². The maximum Gasteiger partial charge on any atom is 0.251 e. The quantitative estimate of drug-likeness (QED) is 0.195. The number of hydrogen-bond acceptors (Lipinski definition) is 4. The number of hydrogen-bond donors (Lipinski definition) is 2. The molecule has 1 aromatic heterocycles. The Morgan fingerprint density at radius 1 is 0.897 bits per heavy atom. The van der Waals surface area contributed by atoms with Gasteiger partial charge in [-0.3, -0.25) is 4.79 Å². The number of pyridine rings is 1. The van der Waals surface area contributed by atoms with Crippen LogP contribution in [-0.2, 0) is 13.2 Å². The van der Waals surface area contributed by atoms with Crippen LogP contribution in [-0.4, -0.2) is 22.6 Å². The molecule has 0 radical (unpaired) electrons. The van der Waals surface area contributed by atoms with E-state index in [0.717, 1.165) is 57.9 Å². The Kier molecular flexibility index (Phi) is 8.49. The van der Waals surface area contributed by atoms with Crippen LogP contribution in [0.5, 0.6) is 5.75 Å². The van der Waals surface area contributed by atoms with Crippen molar-refractivity contribution in [2.45, 2.75) is 45.3 Å². The van der Waals surface area contributed by atoms with E-state index in [0.29, 0.717) is 24.6 Å². The number of aliphatic hydroxyl groups is 1. The first-order chi connectivity index (χ1) is 19.1. The molecule has 0 saturated heterocycles. The average molecular weight is 519 g/mol. The summed E-state index contributed by atoms with van der Waals surface area (Å²) in [5.41, 5.74) is 4.76. The minimum absolute atomic E-state index is 0.0869. The normalized spacial score (nSPS) is 11.9. The Hall–Kier alpha value is -4.22. The molecule has 5 heteroatoms. The van der Waals surface area contributed by atoms with E-state index in [-0.39, 0.29) is 12.5 Å². The molecule has 39 heavy (non-hydrogen) atoms. The molecule has 2 N–H and O–H groups in total. The third-order valence-corrected chi connectivity index (χ3v) is 7.22. The maximum absolute atomic E-state index is 12.7. The highest BCUT2D eigenvalue weighted by atomic mass is 16.5. The van der Waals surface area contributed by atoms with Gasteiger partial charge in [0.2, 0.25) is 0 Å². The van der Waals surface area contributed by atoms with Crippen molar-refractivity contribution in [1.82, 2.24) is 10.3 Å². The van der Waals surface area contributed by atoms with Crippen molar-refractivity contribution >= 4 is 27.6 Å². The van der Waals surface area contributed by atoms with E-state index in [1.54, 1.807) is 0 Å². The lowest BCUT2D eigenvalue weighted by molar-refractivity contribution is 0.0951. The molecule has 5 aromatic rings. The minimum Gasteiger partial charge on any atom is -0.487 e. The zero-order valence-corrected chi connectivity index (χ0v) is 22.3. The SMILES string of the molecule is CCC(CCCO)c1ccc(C(=O)NCc2ccc3cc(OCc4ccc5ccccc5n4)ccc3c2)cc1. The molecular weight excluding hydrogens is 484 g/mol. The average Bonchev–Trinajstić information content (AvgIpc) is 2.99. The predicted octanol–water partition coefficient (Wildman–Crippen LogP) is 7.16. The second-order valence-corrected chi connectivity index (χ2v) is 9.90. The molecule has 1 heterocycles. The number of nitrogens with one attached hydrogen (secondary N) is 1. The highest BCUT2D eigenvalue weighted by Gasteiger charge is 2.11. The minimum atomic E-state index is -0.0869. The Labute approximate surface area is 229 Å². The largest absolute Gasteiger partial charge is 0.487 e. The van der Waals surface area contributed by atoms with Crippen molar-refractivity contribution in [2.24, 2.45) is 0 Å². The van der Waals surface area contributed by atoms with E-state index in [2.05, 4.69) is 41.5 Å². The van der Waals surface area contributed by atoms with Gasteiger partial charge in [0, 0.05) is 24.1 Å². The van der Waals surface area contributed by atoms with Crippen LogP contribution in [0, 0.1) is 0 Å². The Morgan fingerprint density at radius 2 is 1.67 bits per heavy atom. The molecule has 5 nitrogen and oxygen atoms in total. The summed E-state index contributed by atoms with van der Waals surface area (Å²) in [6.07, 6.45) is 2.77. The highest BCUT2D eigenvalue weighted by molar-refractivity contribution is 5.94. The number of carbonyl (C=O) groups is 1. The van der Waals surface area contributed by atoms with Gasteiger partial charge in [0.25, 0.3) is 5.91 Å². The van der Waals surface area contributed by atoms with Crippen LogP contribution in [0.15, 0.2) is 97.1 Å². The topological polar surface area (TPSA) is 71.5 Å². The van der Waals surface area contributed by atoms with Gasteiger partial charge in [-0.05, 0) is 89.5 Å². The molecule has 4 aromatic carbocycles. The molecule has 0 aliphatic heterocycles. The van der Waals surface area contributed by atoms with E-state index in [4.69, 9.17) is 9.84 Å². The van der Waals surface area contributed by atoms with Gasteiger partial charge < -0.3 is 15.2 Å². The van der Waals surface area contributed by atoms with Crippen LogP contribution in [0.25, 0.3) is 21.7 Å². The van der Waals surface area contributed by atoms with Crippen molar-refractivity contribution in [3.05, 3.63) is 119 Å². The van der Waals surface area contributed by atoms with Crippen molar-refractivity contribution in [1.29, 1.82) is 0 Å². The second-order valence-electron chi connectivity index (χ2n) is 9.90. The van der Waals surface area contributed by atoms with Gasteiger partial charge in [-0.1, -0.05) is 61.5 Å². The number of ether oxygens (including phenoxy) is 1. The molecule has 1 unspecified atom stereocenters. The highest BCUT2D eigenvalue weighted by Crippen LogP contribution is 2.25. The summed E-state index contributed by atoms with van der Waals surface area (Å²) in [5, 5.41) is 15.5. The number of para-hydroxylation sites is 1. The fourth-order valence-electron chi connectivity index (χ4n) is 4.95. The summed E-state index contributed by atoms with van der Waals surface area (Å²) in [7, 11) is 0. The summed E-state index contributed by atoms with van der Waals surface area (Å²) >= 11 is 0. The Morgan fingerprint density at radius 3 is 2.49 bits per heavy atom. The van der Waals surface area contributed by atoms with Crippen LogP contribution in [0.1, 0.15) is 59.3 Å². The van der Waals surface area contributed by atoms with Crippen LogP contribution in [0.2, 0.25) is 0 Å². The number of amides is 1. The van der Waals surface area contributed by atoms with Gasteiger partial charge in [-0.15, -0.1) is 0 Å². The molecule has 1 amide bonds. The maximum atomic E-state index is 12.7. The number of fused-ring (bicyclic) bond motifs is 2. The molecular formula is C34H34N2O3. The van der Waals surface area contributed by atoms with Crippen molar-refractivity contribution in [3.63, 3.8) is 0 Å². The van der Waals surface area contributed by atoms with Gasteiger partial charge in [-0.2, -0.15) is 0 Å². The predicted molar refractivity (Wildman–Crippen MR) is 157 cm³/mol. The number of aromatic nitrogens is 1. The number of aliphatic hydroxyl groups excluding tert-OH is 1. The molecule has 5 rings (SSSR count). The number of carbonyl (C=O) groups excluding carboxylic acids is 1. The Balaban J connectivity index is 1.17. The van der Waals surface area contributed by atoms with Gasteiger partial charge in [0.15, 0.2) is 0 Å². The molecule has 0 spiro atoms. The smallest absolute Gasteiger partial charge is 0.251 e. The van der Waals surface area contributed by atoms with Crippen molar-refractivity contribution < 1.29 is 14.6 Å². The molecule has 0 fully saturated rings. The van der Waals surface area contributed by atoms with Gasteiger partial charge >= 0.3 is 0 Å². The van der Waals surface area contributed by atoms with Crippen LogP contribution in [0.4, 0.5) is 0 Å². The number of rotatable bonds is 11. The van der Waals surface area contributed by atoms with E-state index in [9.17, 15) is 4.79 Å². The third kappa shape index (κ3) is 6.62. The number of benzene rings is 4. The fraction of sp³-hybridized carbons (Fsp3) is 0.235. The molecule has 0 saturated carbocycles. The monoisotopic (exact) mass is 518 g/mol. The number of nitrogens with zero attached hydrogens (tertiary/aromatic N) is 1. The first-order valence-electron chi connectivity index (χ1n) is 13.6. The molecule has 198 valence electrons. The van der Waals surface area contributed by atoms with E-state index in [1.165, 1.54) is 5.56 Å². The lowest BCUT2D eigenvalue weighted by Gasteiger charge is -2.15. The first kappa shape index (κ1) is 26.4. The van der Waals surface area contributed by atoms with Crippen molar-refractivity contribution in [2.75, 3.05) is 6.61 Å². The van der Waals surface area contributed by atoms with E-state index in [1.807, 2.05) is 72.8 Å². The summed E-state index contributed by atoms with van der Waals surface area (Å²) in [5.74, 6) is 1.12. The Bertz CT molecular complexity index is 1560. The molecule has 0 aliphatic rings. The van der Waals surface area contributed by atoms with Crippen LogP contribution >= 0.6 is 0 Å². The first-order valence-corrected chi connectivity index (χ1v) is 13.6. The van der Waals surface area contributed by atoms with Gasteiger partial charge in [0.1, 0.15) is 12.4 Å². The molecule has 1 atom stereocenters. The summed E-state index contributed by atoms with van der Waals surface area (Å²) in [6.45, 7) is 3.23. The van der Waals surface area contributed by atoms with Gasteiger partial charge in [0.05, 0.1) is 11.2 Å². The fourth-order valence-corrected chi connectivity index (χ4v) is 4.95. The lowest BCUT2D eigenvalue weighted by Crippen LogP contribution is -2.22. The molecule has 0 aliphatic carbocycles.